The molecule has 0 aliphatic rings. The average molecular weight is 1150 g/mol. The number of anilines is 5. The van der Waals surface area contributed by atoms with E-state index in [2.05, 4.69) is 90.6 Å². The quantitative estimate of drug-likeness (QED) is 0.00916. The zero-order chi connectivity index (χ0) is 55.2. The Morgan fingerprint density at radius 2 is 0.948 bits per heavy atom. The van der Waals surface area contributed by atoms with E-state index >= 15 is 0 Å². The summed E-state index contributed by atoms with van der Waals surface area (Å²) in [5.41, 5.74) is 4.03. The number of hydrogen-bond acceptors (Lipinski definition) is 28. The lowest BCUT2D eigenvalue weighted by Gasteiger charge is -2.12. The molecule has 400 valence electrons. The van der Waals surface area contributed by atoms with Gasteiger partial charge >= 0.3 is 0 Å². The van der Waals surface area contributed by atoms with Crippen LogP contribution in [-0.4, -0.2) is 76.7 Å². The van der Waals surface area contributed by atoms with E-state index in [4.69, 9.17) is 10.5 Å². The van der Waals surface area contributed by atoms with E-state index in [1.165, 1.54) is 42.5 Å². The maximum absolute atomic E-state index is 12.4. The number of benzene rings is 6. The summed E-state index contributed by atoms with van der Waals surface area (Å²) in [7, 11) is -13.5. The van der Waals surface area contributed by atoms with Crippen LogP contribution in [0.5, 0.6) is 0 Å². The van der Waals surface area contributed by atoms with Crippen LogP contribution in [0.15, 0.2) is 182 Å². The highest BCUT2D eigenvalue weighted by molar-refractivity contribution is 7.95. The second-order valence-corrected chi connectivity index (χ2v) is 21.2. The highest BCUT2D eigenvalue weighted by Gasteiger charge is 2.18. The molecular formula is C43H38N14O15S5. The van der Waals surface area contributed by atoms with Gasteiger partial charge in [-0.05, 0) is 146 Å². The van der Waals surface area contributed by atoms with Crippen molar-refractivity contribution in [1.29, 1.82) is 0 Å². The van der Waals surface area contributed by atoms with Gasteiger partial charge in [-0.1, -0.05) is 10.1 Å². The van der Waals surface area contributed by atoms with Crippen LogP contribution in [0.25, 0.3) is 0 Å². The fourth-order valence-electron chi connectivity index (χ4n) is 6.18. The Morgan fingerprint density at radius 1 is 0.494 bits per heavy atom. The van der Waals surface area contributed by atoms with E-state index in [-0.39, 0.29) is 52.0 Å². The molecule has 0 bridgehead atoms. The van der Waals surface area contributed by atoms with E-state index in [1.54, 1.807) is 86.6 Å². The standard InChI is InChI=1S/C43H38N14O15S5/c1-25-21-29(7-15-35(25)54-56-37-17-9-31(23-39(37)74-72-70-59)52-51-28-5-13-34(14-6-28)76(63,64)65)45-42-47-41(44-19-20-75(60,61)62)48-43(49-42)46-30-8-16-36(26(2)22-30)55-57-38-18-10-32(24-40(38)77(66,67)68)53-50-27-3-11-33(12-4-27)73-71-69-58/h3-18,21-24,58-59H,19-20H2,1-2H3,(H,60,61,62)(H,63,64,65)(H,66,67,68)(H3,44,45,46,47,48,49). The molecule has 7 rings (SSSR count). The molecule has 0 radical (unpaired) electrons. The van der Waals surface area contributed by atoms with Gasteiger partial charge in [0.15, 0.2) is 0 Å². The van der Waals surface area contributed by atoms with E-state index in [9.17, 15) is 38.9 Å². The highest BCUT2D eigenvalue weighted by Crippen LogP contribution is 2.37. The van der Waals surface area contributed by atoms with E-state index in [0.29, 0.717) is 67.1 Å². The first-order chi connectivity index (χ1) is 36.7. The van der Waals surface area contributed by atoms with Gasteiger partial charge in [0.25, 0.3) is 30.4 Å². The van der Waals surface area contributed by atoms with Crippen molar-refractivity contribution in [2.45, 2.75) is 33.4 Å². The van der Waals surface area contributed by atoms with E-state index in [0.717, 1.165) is 18.1 Å². The predicted octanol–water partition coefficient (Wildman–Crippen LogP) is 12.3. The maximum atomic E-state index is 12.4. The number of aryl methyl sites for hydroxylation is 2. The Hall–Kier alpha value is -7.68. The molecule has 6 aromatic carbocycles. The molecule has 0 unspecified atom stereocenters. The number of hydrogen-bond donors (Lipinski definition) is 8. The van der Waals surface area contributed by atoms with Crippen molar-refractivity contribution in [2.75, 3.05) is 28.2 Å². The molecule has 0 fully saturated rings. The summed E-state index contributed by atoms with van der Waals surface area (Å²) < 4.78 is 108. The molecule has 29 nitrogen and oxygen atoms in total. The van der Waals surface area contributed by atoms with Gasteiger partial charge in [0.2, 0.25) is 17.8 Å². The first-order valence-corrected chi connectivity index (χ1v) is 27.3. The van der Waals surface area contributed by atoms with Crippen LogP contribution < -0.4 is 16.0 Å². The maximum Gasteiger partial charge on any atom is 0.296 e. The van der Waals surface area contributed by atoms with Gasteiger partial charge < -0.3 is 16.0 Å². The van der Waals surface area contributed by atoms with Crippen LogP contribution in [0.2, 0.25) is 0 Å². The molecule has 0 saturated carbocycles. The number of aromatic nitrogens is 3. The Morgan fingerprint density at radius 3 is 1.47 bits per heavy atom. The smallest absolute Gasteiger partial charge is 0.296 e. The molecule has 77 heavy (non-hydrogen) atoms. The summed E-state index contributed by atoms with van der Waals surface area (Å²) in [6, 6.07) is 29.6. The van der Waals surface area contributed by atoms with Crippen molar-refractivity contribution < 1.29 is 68.2 Å². The van der Waals surface area contributed by atoms with Gasteiger partial charge in [-0.25, -0.2) is 10.5 Å². The summed E-state index contributed by atoms with van der Waals surface area (Å²) in [4.78, 5) is 13.1. The molecule has 7 aromatic rings. The lowest BCUT2D eigenvalue weighted by Crippen LogP contribution is -2.17. The summed E-state index contributed by atoms with van der Waals surface area (Å²) in [5, 5.41) is 66.6. The molecule has 1 heterocycles. The minimum atomic E-state index is -4.81. The third-order valence-electron chi connectivity index (χ3n) is 9.73. The lowest BCUT2D eigenvalue weighted by atomic mass is 10.2. The van der Waals surface area contributed by atoms with E-state index in [1.807, 2.05) is 0 Å². The van der Waals surface area contributed by atoms with Crippen molar-refractivity contribution in [1.82, 2.24) is 15.0 Å². The normalized spacial score (nSPS) is 12.4. The topological polar surface area (TPSA) is 414 Å². The minimum Gasteiger partial charge on any atom is -0.353 e. The zero-order valence-electron chi connectivity index (χ0n) is 39.2. The molecule has 8 N–H and O–H groups in total. The van der Waals surface area contributed by atoms with Crippen LogP contribution in [0.4, 0.5) is 74.7 Å². The van der Waals surface area contributed by atoms with Crippen LogP contribution in [-0.2, 0) is 49.1 Å². The van der Waals surface area contributed by atoms with Gasteiger partial charge in [0, 0.05) is 22.8 Å². The Kier molecular flexibility index (Phi) is 19.2. The number of nitrogens with zero attached hydrogens (tertiary/aromatic N) is 11. The van der Waals surface area contributed by atoms with Crippen LogP contribution >= 0.6 is 24.1 Å². The molecular weight excluding hydrogens is 1110 g/mol. The fourth-order valence-corrected chi connectivity index (χ4v) is 8.49. The monoisotopic (exact) mass is 1150 g/mol. The lowest BCUT2D eigenvalue weighted by molar-refractivity contribution is -0.432. The first kappa shape index (κ1) is 57.0. The predicted molar refractivity (Wildman–Crippen MR) is 277 cm³/mol. The van der Waals surface area contributed by atoms with Gasteiger partial charge in [-0.15, -0.1) is 18.9 Å². The van der Waals surface area contributed by atoms with Crippen molar-refractivity contribution in [2.24, 2.45) is 40.9 Å². The SMILES string of the molecule is Cc1cc(Nc2nc(NCCS(=O)(=O)O)nc(Nc3ccc(N=Nc4ccc(N=Nc5ccc(SOOO)cc5)cc4S(=O)(=O)O)c(C)c3)n2)ccc1N=Nc1ccc(N=Nc2ccc(S(=O)(=O)O)cc2)cc1SOOO. The molecule has 0 aliphatic heterocycles. The molecule has 0 amide bonds. The highest BCUT2D eigenvalue weighted by atomic mass is 32.2. The largest absolute Gasteiger partial charge is 0.353 e. The van der Waals surface area contributed by atoms with Gasteiger partial charge in [-0.3, -0.25) is 13.7 Å². The number of rotatable bonds is 24. The summed E-state index contributed by atoms with van der Waals surface area (Å²) in [5.74, 6) is -0.722. The Balaban J connectivity index is 1.05. The second kappa shape index (κ2) is 25.9. The average Bonchev–Trinajstić information content (AvgIpc) is 3.38. The van der Waals surface area contributed by atoms with Crippen molar-refractivity contribution in [3.05, 3.63) is 132 Å². The van der Waals surface area contributed by atoms with Crippen LogP contribution in [0.3, 0.4) is 0 Å². The minimum absolute atomic E-state index is 0.00429. The molecule has 0 atom stereocenters. The van der Waals surface area contributed by atoms with Gasteiger partial charge in [-0.2, -0.15) is 70.9 Å². The summed E-state index contributed by atoms with van der Waals surface area (Å²) >= 11 is 1.34. The van der Waals surface area contributed by atoms with E-state index < -0.39 is 41.0 Å². The Bertz CT molecular complexity index is 3730. The van der Waals surface area contributed by atoms with Crippen molar-refractivity contribution in [3.8, 4) is 0 Å². The Labute approximate surface area is 445 Å². The van der Waals surface area contributed by atoms with Gasteiger partial charge in [0.05, 0.1) is 73.8 Å². The second-order valence-electron chi connectivity index (χ2n) is 15.3. The first-order valence-electron chi connectivity index (χ1n) is 21.3. The summed E-state index contributed by atoms with van der Waals surface area (Å²) in [6.07, 6.45) is 0. The van der Waals surface area contributed by atoms with Crippen LogP contribution in [0.1, 0.15) is 11.1 Å². The van der Waals surface area contributed by atoms with Crippen LogP contribution in [0, 0.1) is 13.8 Å². The van der Waals surface area contributed by atoms with Crippen molar-refractivity contribution >= 4 is 129 Å². The molecule has 34 heteroatoms. The number of nitrogens with one attached hydrogen (secondary N) is 3. The fraction of sp³-hybridized carbons (Fsp3) is 0.0930. The molecule has 0 saturated heterocycles. The molecule has 0 spiro atoms. The number of azo groups is 4. The summed E-state index contributed by atoms with van der Waals surface area (Å²) in [6.45, 7) is 3.20. The molecule has 1 aromatic heterocycles. The van der Waals surface area contributed by atoms with Gasteiger partial charge in [0.1, 0.15) is 16.3 Å². The third-order valence-corrected chi connectivity index (χ3v) is 13.4. The molecule has 0 aliphatic carbocycles. The third kappa shape index (κ3) is 17.4. The van der Waals surface area contributed by atoms with Crippen molar-refractivity contribution in [3.63, 3.8) is 0 Å². The zero-order valence-corrected chi connectivity index (χ0v) is 43.3.